The largest absolute Gasteiger partial charge is 0.392 e. The first-order valence-electron chi connectivity index (χ1n) is 3.34. The van der Waals surface area contributed by atoms with E-state index in [0.717, 1.165) is 11.1 Å². The Morgan fingerprint density at radius 1 is 1.50 bits per heavy atom. The lowest BCUT2D eigenvalue weighted by molar-refractivity contribution is 0.334. The molecule has 0 aliphatic rings. The molecule has 0 saturated heterocycles. The topological polar surface area (TPSA) is 20.2 Å². The molecule has 0 aromatic carbocycles. The molecule has 0 spiro atoms. The van der Waals surface area contributed by atoms with Crippen molar-refractivity contribution in [2.75, 3.05) is 6.61 Å². The van der Waals surface area contributed by atoms with Gasteiger partial charge in [0.05, 0.1) is 6.61 Å². The minimum Gasteiger partial charge on any atom is -0.392 e. The third-order valence-corrected chi connectivity index (χ3v) is 1.26. The van der Waals surface area contributed by atoms with Gasteiger partial charge in [-0.1, -0.05) is 24.8 Å². The molecule has 0 bridgehead atoms. The van der Waals surface area contributed by atoms with Gasteiger partial charge in [0.15, 0.2) is 0 Å². The second-order valence-electron chi connectivity index (χ2n) is 2.01. The van der Waals surface area contributed by atoms with Crippen molar-refractivity contribution in [3.63, 3.8) is 0 Å². The van der Waals surface area contributed by atoms with Crippen molar-refractivity contribution in [2.24, 2.45) is 0 Å². The van der Waals surface area contributed by atoms with Crippen molar-refractivity contribution in [1.82, 2.24) is 0 Å². The summed E-state index contributed by atoms with van der Waals surface area (Å²) in [5, 5.41) is 8.69. The number of hydrogen-bond donors (Lipinski definition) is 1. The molecule has 10 heavy (non-hydrogen) atoms. The Morgan fingerprint density at radius 3 is 2.40 bits per heavy atom. The molecule has 0 aromatic heterocycles. The van der Waals surface area contributed by atoms with Crippen molar-refractivity contribution in [3.8, 4) is 0 Å². The van der Waals surface area contributed by atoms with Crippen LogP contribution in [0, 0.1) is 0 Å². The van der Waals surface area contributed by atoms with E-state index in [1.165, 1.54) is 0 Å². The highest BCUT2D eigenvalue weighted by atomic mass is 16.3. The first-order chi connectivity index (χ1) is 4.76. The van der Waals surface area contributed by atoms with Crippen LogP contribution in [0.25, 0.3) is 0 Å². The van der Waals surface area contributed by atoms with E-state index < -0.39 is 0 Å². The zero-order valence-corrected chi connectivity index (χ0v) is 6.59. The molecule has 0 unspecified atom stereocenters. The first-order valence-corrected chi connectivity index (χ1v) is 3.34. The van der Waals surface area contributed by atoms with Gasteiger partial charge in [-0.2, -0.15) is 0 Å². The number of aliphatic hydroxyl groups excluding tert-OH is 1. The summed E-state index contributed by atoms with van der Waals surface area (Å²) in [6.45, 7) is 7.59. The smallest absolute Gasteiger partial charge is 0.0681 e. The normalized spacial score (nSPS) is 12.5. The molecule has 0 saturated carbocycles. The molecule has 0 radical (unpaired) electrons. The quantitative estimate of drug-likeness (QED) is 0.592. The number of aliphatic hydroxyl groups is 1. The second-order valence-corrected chi connectivity index (χ2v) is 2.01. The van der Waals surface area contributed by atoms with E-state index >= 15 is 0 Å². The Morgan fingerprint density at radius 2 is 2.10 bits per heavy atom. The molecule has 1 nitrogen and oxygen atoms in total. The minimum absolute atomic E-state index is 0.0318. The zero-order valence-electron chi connectivity index (χ0n) is 6.59. The van der Waals surface area contributed by atoms with Crippen LogP contribution in [0.3, 0.4) is 0 Å². The van der Waals surface area contributed by atoms with E-state index in [4.69, 9.17) is 5.11 Å². The monoisotopic (exact) mass is 138 g/mol. The Labute approximate surface area is 62.4 Å². The number of allylic oxidation sites excluding steroid dienone is 3. The average molecular weight is 138 g/mol. The van der Waals surface area contributed by atoms with E-state index in [-0.39, 0.29) is 6.61 Å². The van der Waals surface area contributed by atoms with Crippen LogP contribution in [-0.2, 0) is 0 Å². The van der Waals surface area contributed by atoms with E-state index in [2.05, 4.69) is 6.58 Å². The van der Waals surface area contributed by atoms with Crippen molar-refractivity contribution < 1.29 is 5.11 Å². The van der Waals surface area contributed by atoms with Gasteiger partial charge < -0.3 is 5.11 Å². The summed E-state index contributed by atoms with van der Waals surface area (Å²) in [6.07, 6.45) is 5.78. The standard InChI is InChI=1S/C9H14O/c1-4-6-9(5-2)8(3)7-10/h4-6,10H,3,7H2,1-2H3/b6-4-,9-5+. The van der Waals surface area contributed by atoms with E-state index in [9.17, 15) is 0 Å². The fourth-order valence-electron chi connectivity index (χ4n) is 0.689. The predicted octanol–water partition coefficient (Wildman–Crippen LogP) is 2.06. The third kappa shape index (κ3) is 2.65. The second kappa shape index (κ2) is 5.00. The van der Waals surface area contributed by atoms with Gasteiger partial charge in [0, 0.05) is 0 Å². The summed E-state index contributed by atoms with van der Waals surface area (Å²) in [4.78, 5) is 0. The van der Waals surface area contributed by atoms with E-state index in [0.29, 0.717) is 0 Å². The fraction of sp³-hybridized carbons (Fsp3) is 0.333. The van der Waals surface area contributed by atoms with Crippen LogP contribution in [0.4, 0.5) is 0 Å². The minimum atomic E-state index is 0.0318. The molecule has 1 heteroatoms. The molecule has 1 N–H and O–H groups in total. The van der Waals surface area contributed by atoms with Gasteiger partial charge in [0.1, 0.15) is 0 Å². The molecular formula is C9H14O. The van der Waals surface area contributed by atoms with Crippen LogP contribution in [0.1, 0.15) is 13.8 Å². The van der Waals surface area contributed by atoms with Crippen LogP contribution >= 0.6 is 0 Å². The highest BCUT2D eigenvalue weighted by Gasteiger charge is 1.93. The van der Waals surface area contributed by atoms with Crippen LogP contribution < -0.4 is 0 Å². The molecular weight excluding hydrogens is 124 g/mol. The van der Waals surface area contributed by atoms with E-state index in [1.807, 2.05) is 32.1 Å². The third-order valence-electron chi connectivity index (χ3n) is 1.26. The SMILES string of the molecule is C=C(CO)C(/C=C\C)=C/C. The van der Waals surface area contributed by atoms with Crippen molar-refractivity contribution in [3.05, 3.63) is 36.0 Å². The maximum absolute atomic E-state index is 8.69. The average Bonchev–Trinajstić information content (AvgIpc) is 1.99. The molecule has 0 aromatic rings. The van der Waals surface area contributed by atoms with Gasteiger partial charge in [-0.25, -0.2) is 0 Å². The van der Waals surface area contributed by atoms with Crippen LogP contribution in [0.5, 0.6) is 0 Å². The van der Waals surface area contributed by atoms with Crippen molar-refractivity contribution in [2.45, 2.75) is 13.8 Å². The lowest BCUT2D eigenvalue weighted by Crippen LogP contribution is -1.89. The summed E-state index contributed by atoms with van der Waals surface area (Å²) in [5.41, 5.74) is 1.77. The molecule has 0 fully saturated rings. The maximum Gasteiger partial charge on any atom is 0.0681 e. The van der Waals surface area contributed by atoms with Gasteiger partial charge in [0.2, 0.25) is 0 Å². The molecule has 0 aliphatic heterocycles. The van der Waals surface area contributed by atoms with Crippen LogP contribution in [0.2, 0.25) is 0 Å². The number of rotatable bonds is 3. The Hall–Kier alpha value is -0.820. The first kappa shape index (κ1) is 9.18. The highest BCUT2D eigenvalue weighted by molar-refractivity contribution is 5.37. The van der Waals surface area contributed by atoms with Gasteiger partial charge in [-0.15, -0.1) is 0 Å². The van der Waals surface area contributed by atoms with Gasteiger partial charge >= 0.3 is 0 Å². The molecule has 0 heterocycles. The summed E-state index contributed by atoms with van der Waals surface area (Å²) in [6, 6.07) is 0. The molecule has 0 amide bonds. The maximum atomic E-state index is 8.69. The lowest BCUT2D eigenvalue weighted by atomic mass is 10.1. The summed E-state index contributed by atoms with van der Waals surface area (Å²) >= 11 is 0. The number of hydrogen-bond acceptors (Lipinski definition) is 1. The molecule has 0 aliphatic carbocycles. The molecule has 0 atom stereocenters. The highest BCUT2D eigenvalue weighted by Crippen LogP contribution is 2.07. The summed E-state index contributed by atoms with van der Waals surface area (Å²) in [5.74, 6) is 0. The van der Waals surface area contributed by atoms with Gasteiger partial charge in [0.25, 0.3) is 0 Å². The Bertz CT molecular complexity index is 164. The summed E-state index contributed by atoms with van der Waals surface area (Å²) in [7, 11) is 0. The predicted molar refractivity (Wildman–Crippen MR) is 44.8 cm³/mol. The van der Waals surface area contributed by atoms with Crippen LogP contribution in [-0.4, -0.2) is 11.7 Å². The van der Waals surface area contributed by atoms with Gasteiger partial charge in [-0.3, -0.25) is 0 Å². The van der Waals surface area contributed by atoms with E-state index in [1.54, 1.807) is 0 Å². The molecule has 56 valence electrons. The van der Waals surface area contributed by atoms with Crippen molar-refractivity contribution >= 4 is 0 Å². The van der Waals surface area contributed by atoms with Crippen molar-refractivity contribution in [1.29, 1.82) is 0 Å². The Kier molecular flexibility index (Phi) is 4.59. The lowest BCUT2D eigenvalue weighted by Gasteiger charge is -2.00. The fourth-order valence-corrected chi connectivity index (χ4v) is 0.689. The summed E-state index contributed by atoms with van der Waals surface area (Å²) < 4.78 is 0. The zero-order chi connectivity index (χ0) is 7.98. The van der Waals surface area contributed by atoms with Crippen LogP contribution in [0.15, 0.2) is 36.0 Å². The Balaban J connectivity index is 4.23. The molecule has 0 rings (SSSR count). The van der Waals surface area contributed by atoms with Gasteiger partial charge in [-0.05, 0) is 25.0 Å².